The molecule has 1 amide bonds. The van der Waals surface area contributed by atoms with E-state index >= 15 is 0 Å². The zero-order chi connectivity index (χ0) is 11.7. The van der Waals surface area contributed by atoms with Crippen LogP contribution < -0.4 is 10.1 Å². The number of ether oxygens (including phenoxy) is 1. The van der Waals surface area contributed by atoms with E-state index in [0.717, 1.165) is 5.56 Å². The number of aromatic amines is 1. The number of nitrogens with one attached hydrogen (secondary N) is 2. The Hall–Kier alpha value is -2.49. The van der Waals surface area contributed by atoms with E-state index in [9.17, 15) is 4.79 Å². The van der Waals surface area contributed by atoms with Crippen molar-refractivity contribution in [2.75, 3.05) is 5.32 Å². The molecule has 1 aromatic heterocycles. The second-order valence-corrected chi connectivity index (χ2v) is 3.71. The molecule has 0 fully saturated rings. The molecule has 0 spiro atoms. The number of hydrogen-bond donors (Lipinski definition) is 2. The molecule has 4 heteroatoms. The number of hydrogen-bond acceptors (Lipinski definition) is 2. The van der Waals surface area contributed by atoms with Crippen LogP contribution in [-0.4, -0.2) is 10.9 Å². The molecule has 2 aromatic rings. The van der Waals surface area contributed by atoms with E-state index in [1.165, 1.54) is 0 Å². The average Bonchev–Trinajstić information content (AvgIpc) is 2.83. The molecule has 0 saturated heterocycles. The van der Waals surface area contributed by atoms with Crippen LogP contribution in [0.15, 0.2) is 48.5 Å². The first kappa shape index (κ1) is 9.72. The smallest absolute Gasteiger partial charge is 0.291 e. The van der Waals surface area contributed by atoms with Crippen LogP contribution in [0.4, 0.5) is 5.69 Å². The van der Waals surface area contributed by atoms with E-state index < -0.39 is 0 Å². The first-order chi connectivity index (χ1) is 8.33. The number of aromatic nitrogens is 1. The summed E-state index contributed by atoms with van der Waals surface area (Å²) in [6, 6.07) is 9.21. The molecule has 0 radical (unpaired) electrons. The van der Waals surface area contributed by atoms with Crippen LogP contribution in [0, 0.1) is 0 Å². The number of fused-ring (bicyclic) bond motifs is 1. The van der Waals surface area contributed by atoms with Crippen LogP contribution in [0.25, 0.3) is 6.08 Å². The molecule has 1 aromatic carbocycles. The highest BCUT2D eigenvalue weighted by molar-refractivity contribution is 6.08. The van der Waals surface area contributed by atoms with E-state index in [-0.39, 0.29) is 5.91 Å². The molecule has 0 aliphatic carbocycles. The van der Waals surface area contributed by atoms with Gasteiger partial charge >= 0.3 is 0 Å². The second kappa shape index (κ2) is 3.83. The molecule has 0 saturated carbocycles. The molecule has 1 aliphatic rings. The molecular formula is C13H10N2O2. The molecule has 2 heterocycles. The summed E-state index contributed by atoms with van der Waals surface area (Å²) in [6.45, 7) is 0. The summed E-state index contributed by atoms with van der Waals surface area (Å²) >= 11 is 0. The van der Waals surface area contributed by atoms with E-state index in [0.29, 0.717) is 17.2 Å². The van der Waals surface area contributed by atoms with Gasteiger partial charge in [-0.2, -0.15) is 0 Å². The van der Waals surface area contributed by atoms with Gasteiger partial charge in [-0.15, -0.1) is 0 Å². The maximum absolute atomic E-state index is 11.8. The number of anilines is 1. The molecule has 0 bridgehead atoms. The molecule has 0 unspecified atom stereocenters. The minimum absolute atomic E-state index is 0.232. The monoisotopic (exact) mass is 226 g/mol. The van der Waals surface area contributed by atoms with Crippen LogP contribution in [-0.2, 0) is 4.79 Å². The van der Waals surface area contributed by atoms with Crippen LogP contribution in [0.2, 0.25) is 0 Å². The fraction of sp³-hybridized carbons (Fsp3) is 0. The molecule has 17 heavy (non-hydrogen) atoms. The summed E-state index contributed by atoms with van der Waals surface area (Å²) < 4.78 is 5.55. The largest absolute Gasteiger partial charge is 0.449 e. The number of H-pyrrole nitrogens is 1. The van der Waals surface area contributed by atoms with Gasteiger partial charge in [0.05, 0.1) is 5.69 Å². The highest BCUT2D eigenvalue weighted by Gasteiger charge is 2.21. The number of para-hydroxylation sites is 2. The molecule has 1 aliphatic heterocycles. The summed E-state index contributed by atoms with van der Waals surface area (Å²) in [5, 5.41) is 2.78. The average molecular weight is 226 g/mol. The van der Waals surface area contributed by atoms with E-state index in [4.69, 9.17) is 4.74 Å². The number of benzene rings is 1. The molecule has 3 rings (SSSR count). The Morgan fingerprint density at radius 1 is 1.18 bits per heavy atom. The van der Waals surface area contributed by atoms with E-state index in [1.807, 2.05) is 24.3 Å². The lowest BCUT2D eigenvalue weighted by Gasteiger charge is -2.19. The third-order valence-electron chi connectivity index (χ3n) is 2.50. The van der Waals surface area contributed by atoms with Crippen molar-refractivity contribution in [2.24, 2.45) is 0 Å². The molecular weight excluding hydrogens is 216 g/mol. The minimum atomic E-state index is -0.232. The molecule has 0 atom stereocenters. The Morgan fingerprint density at radius 2 is 2.06 bits per heavy atom. The third kappa shape index (κ3) is 1.80. The van der Waals surface area contributed by atoms with E-state index in [1.54, 1.807) is 24.5 Å². The highest BCUT2D eigenvalue weighted by atomic mass is 16.5. The van der Waals surface area contributed by atoms with Crippen LogP contribution >= 0.6 is 0 Å². The van der Waals surface area contributed by atoms with Gasteiger partial charge in [0.15, 0.2) is 11.5 Å². The summed E-state index contributed by atoms with van der Waals surface area (Å²) in [7, 11) is 0. The standard InChI is InChI=1S/C13H10N2O2/c16-13-12(7-9-5-6-14-8-9)17-11-4-2-1-3-10(11)15-13/h1-8,14H,(H,15,16)/b12-7+. The van der Waals surface area contributed by atoms with Crippen LogP contribution in [0.1, 0.15) is 5.56 Å². The van der Waals surface area contributed by atoms with Crippen molar-refractivity contribution in [1.82, 2.24) is 4.98 Å². The van der Waals surface area contributed by atoms with Gasteiger partial charge in [0, 0.05) is 12.4 Å². The van der Waals surface area contributed by atoms with E-state index in [2.05, 4.69) is 10.3 Å². The van der Waals surface area contributed by atoms with Gasteiger partial charge in [-0.1, -0.05) is 12.1 Å². The third-order valence-corrected chi connectivity index (χ3v) is 2.50. The lowest BCUT2D eigenvalue weighted by Crippen LogP contribution is -2.23. The fourth-order valence-corrected chi connectivity index (χ4v) is 1.68. The summed E-state index contributed by atoms with van der Waals surface area (Å²) in [5.74, 6) is 0.724. The maximum atomic E-state index is 11.8. The van der Waals surface area contributed by atoms with Gasteiger partial charge in [-0.05, 0) is 29.8 Å². The lowest BCUT2D eigenvalue weighted by atomic mass is 10.2. The lowest BCUT2D eigenvalue weighted by molar-refractivity contribution is -0.115. The normalized spacial score (nSPS) is 16.2. The van der Waals surface area contributed by atoms with Crippen molar-refractivity contribution < 1.29 is 9.53 Å². The zero-order valence-electron chi connectivity index (χ0n) is 8.94. The number of carbonyl (C=O) groups excluding carboxylic acids is 1. The van der Waals surface area contributed by atoms with Gasteiger partial charge in [-0.25, -0.2) is 0 Å². The Labute approximate surface area is 97.9 Å². The van der Waals surface area contributed by atoms with Crippen molar-refractivity contribution >= 4 is 17.7 Å². The summed E-state index contributed by atoms with van der Waals surface area (Å²) in [4.78, 5) is 14.7. The number of amides is 1. The quantitative estimate of drug-likeness (QED) is 0.733. The van der Waals surface area contributed by atoms with Crippen molar-refractivity contribution in [3.63, 3.8) is 0 Å². The predicted molar refractivity (Wildman–Crippen MR) is 64.5 cm³/mol. The Balaban J connectivity index is 1.97. The first-order valence-corrected chi connectivity index (χ1v) is 5.26. The van der Waals surface area contributed by atoms with Crippen LogP contribution in [0.3, 0.4) is 0 Å². The second-order valence-electron chi connectivity index (χ2n) is 3.71. The van der Waals surface area contributed by atoms with Crippen molar-refractivity contribution in [2.45, 2.75) is 0 Å². The van der Waals surface area contributed by atoms with Gasteiger partial charge in [-0.3, -0.25) is 4.79 Å². The summed E-state index contributed by atoms with van der Waals surface area (Å²) in [5.41, 5.74) is 1.60. The zero-order valence-corrected chi connectivity index (χ0v) is 8.94. The number of carbonyl (C=O) groups is 1. The molecule has 4 nitrogen and oxygen atoms in total. The number of rotatable bonds is 1. The van der Waals surface area contributed by atoms with Gasteiger partial charge in [0.2, 0.25) is 0 Å². The summed E-state index contributed by atoms with van der Waals surface area (Å²) in [6.07, 6.45) is 5.28. The van der Waals surface area contributed by atoms with Crippen LogP contribution in [0.5, 0.6) is 5.75 Å². The predicted octanol–water partition coefficient (Wildman–Crippen LogP) is 2.39. The molecule has 2 N–H and O–H groups in total. The van der Waals surface area contributed by atoms with Crippen molar-refractivity contribution in [1.29, 1.82) is 0 Å². The Morgan fingerprint density at radius 3 is 2.88 bits per heavy atom. The topological polar surface area (TPSA) is 54.1 Å². The van der Waals surface area contributed by atoms with Crippen molar-refractivity contribution in [3.8, 4) is 5.75 Å². The van der Waals surface area contributed by atoms with Gasteiger partial charge in [0.1, 0.15) is 0 Å². The SMILES string of the molecule is O=C1Nc2ccccc2O/C1=C/c1cc[nH]c1. The highest BCUT2D eigenvalue weighted by Crippen LogP contribution is 2.30. The Bertz CT molecular complexity index is 585. The van der Waals surface area contributed by atoms with Crippen molar-refractivity contribution in [3.05, 3.63) is 54.0 Å². The van der Waals surface area contributed by atoms with Gasteiger partial charge < -0.3 is 15.0 Å². The van der Waals surface area contributed by atoms with Gasteiger partial charge in [0.25, 0.3) is 5.91 Å². The minimum Gasteiger partial charge on any atom is -0.449 e. The fourth-order valence-electron chi connectivity index (χ4n) is 1.68. The first-order valence-electron chi connectivity index (χ1n) is 5.26. The molecule has 84 valence electrons. The maximum Gasteiger partial charge on any atom is 0.291 e. The Kier molecular flexibility index (Phi) is 2.19.